The van der Waals surface area contributed by atoms with Crippen molar-refractivity contribution < 1.29 is 4.79 Å². The number of benzene rings is 2. The minimum atomic E-state index is -0.0376. The molecular weight excluding hydrogens is 210 g/mol. The van der Waals surface area contributed by atoms with Crippen LogP contribution >= 0.6 is 0 Å². The molecule has 0 heterocycles. The largest absolute Gasteiger partial charge is 0.326 e. The first-order valence-electron chi connectivity index (χ1n) is 5.88. The fourth-order valence-electron chi connectivity index (χ4n) is 2.09. The minimum Gasteiger partial charge on any atom is -0.326 e. The standard InChI is InChI=1S/C15H17NO/c1-10(2)14-6-4-5-12-9-13(16-11(3)17)7-8-15(12)14/h4-10H,1-3H3,(H,16,17). The molecule has 2 aromatic rings. The first-order valence-corrected chi connectivity index (χ1v) is 5.88. The Morgan fingerprint density at radius 2 is 1.94 bits per heavy atom. The number of amides is 1. The second-order valence-corrected chi connectivity index (χ2v) is 4.62. The normalized spacial score (nSPS) is 10.8. The van der Waals surface area contributed by atoms with Gasteiger partial charge in [-0.2, -0.15) is 0 Å². The van der Waals surface area contributed by atoms with Gasteiger partial charge >= 0.3 is 0 Å². The maximum Gasteiger partial charge on any atom is 0.221 e. The molecule has 17 heavy (non-hydrogen) atoms. The summed E-state index contributed by atoms with van der Waals surface area (Å²) in [5.41, 5.74) is 2.20. The van der Waals surface area contributed by atoms with Gasteiger partial charge in [-0.25, -0.2) is 0 Å². The van der Waals surface area contributed by atoms with Crippen molar-refractivity contribution in [3.05, 3.63) is 42.0 Å². The van der Waals surface area contributed by atoms with Gasteiger partial charge in [-0.15, -0.1) is 0 Å². The monoisotopic (exact) mass is 227 g/mol. The van der Waals surface area contributed by atoms with Gasteiger partial charge in [-0.1, -0.05) is 38.1 Å². The molecule has 2 rings (SSSR count). The van der Waals surface area contributed by atoms with Gasteiger partial charge in [0.15, 0.2) is 0 Å². The minimum absolute atomic E-state index is 0.0376. The summed E-state index contributed by atoms with van der Waals surface area (Å²) in [6, 6.07) is 12.3. The lowest BCUT2D eigenvalue weighted by Crippen LogP contribution is -2.05. The Balaban J connectivity index is 2.53. The molecule has 0 radical (unpaired) electrons. The smallest absolute Gasteiger partial charge is 0.221 e. The van der Waals surface area contributed by atoms with Crippen molar-refractivity contribution in [1.29, 1.82) is 0 Å². The fourth-order valence-corrected chi connectivity index (χ4v) is 2.09. The Bertz CT molecular complexity index is 558. The van der Waals surface area contributed by atoms with E-state index in [1.165, 1.54) is 23.3 Å². The molecule has 0 atom stereocenters. The molecule has 2 heteroatoms. The van der Waals surface area contributed by atoms with Crippen LogP contribution in [0.2, 0.25) is 0 Å². The quantitative estimate of drug-likeness (QED) is 0.827. The van der Waals surface area contributed by atoms with E-state index in [0.717, 1.165) is 5.69 Å². The van der Waals surface area contributed by atoms with Crippen LogP contribution < -0.4 is 5.32 Å². The van der Waals surface area contributed by atoms with Gasteiger partial charge in [0.25, 0.3) is 0 Å². The average molecular weight is 227 g/mol. The molecule has 0 fully saturated rings. The van der Waals surface area contributed by atoms with Crippen LogP contribution in [0.5, 0.6) is 0 Å². The first kappa shape index (κ1) is 11.6. The van der Waals surface area contributed by atoms with E-state index in [0.29, 0.717) is 5.92 Å². The highest BCUT2D eigenvalue weighted by Crippen LogP contribution is 2.27. The Kier molecular flexibility index (Phi) is 3.14. The molecule has 1 N–H and O–H groups in total. The van der Waals surface area contributed by atoms with E-state index in [1.807, 2.05) is 12.1 Å². The highest BCUT2D eigenvalue weighted by atomic mass is 16.1. The van der Waals surface area contributed by atoms with E-state index in [1.54, 1.807) is 0 Å². The van der Waals surface area contributed by atoms with Gasteiger partial charge in [-0.3, -0.25) is 4.79 Å². The van der Waals surface area contributed by atoms with Crippen LogP contribution in [0.3, 0.4) is 0 Å². The van der Waals surface area contributed by atoms with Crippen molar-refractivity contribution >= 4 is 22.4 Å². The first-order chi connectivity index (χ1) is 8.08. The van der Waals surface area contributed by atoms with E-state index in [2.05, 4.69) is 43.4 Å². The van der Waals surface area contributed by atoms with Crippen molar-refractivity contribution in [3.8, 4) is 0 Å². The molecule has 0 aliphatic carbocycles. The highest BCUT2D eigenvalue weighted by Gasteiger charge is 2.05. The van der Waals surface area contributed by atoms with Gasteiger partial charge < -0.3 is 5.32 Å². The molecule has 0 unspecified atom stereocenters. The molecular formula is C15H17NO. The highest BCUT2D eigenvalue weighted by molar-refractivity contribution is 5.94. The van der Waals surface area contributed by atoms with Gasteiger partial charge in [0.05, 0.1) is 0 Å². The second kappa shape index (κ2) is 4.58. The molecule has 1 amide bonds. The van der Waals surface area contributed by atoms with Crippen molar-refractivity contribution in [2.75, 3.05) is 5.32 Å². The second-order valence-electron chi connectivity index (χ2n) is 4.62. The Hall–Kier alpha value is -1.83. The molecule has 88 valence electrons. The van der Waals surface area contributed by atoms with E-state index in [9.17, 15) is 4.79 Å². The molecule has 0 spiro atoms. The lowest BCUT2D eigenvalue weighted by Gasteiger charge is -2.11. The van der Waals surface area contributed by atoms with Crippen molar-refractivity contribution in [2.45, 2.75) is 26.7 Å². The number of nitrogens with one attached hydrogen (secondary N) is 1. The Morgan fingerprint density at radius 3 is 2.59 bits per heavy atom. The van der Waals surface area contributed by atoms with E-state index < -0.39 is 0 Å². The summed E-state index contributed by atoms with van der Waals surface area (Å²) in [5.74, 6) is 0.467. The molecule has 0 saturated heterocycles. The van der Waals surface area contributed by atoms with Crippen LogP contribution in [0.25, 0.3) is 10.8 Å². The van der Waals surface area contributed by atoms with Crippen LogP contribution in [0.4, 0.5) is 5.69 Å². The maximum atomic E-state index is 11.0. The van der Waals surface area contributed by atoms with Crippen molar-refractivity contribution in [2.24, 2.45) is 0 Å². The third-order valence-electron chi connectivity index (χ3n) is 2.86. The fraction of sp³-hybridized carbons (Fsp3) is 0.267. The predicted molar refractivity (Wildman–Crippen MR) is 72.3 cm³/mol. The summed E-state index contributed by atoms with van der Waals surface area (Å²) in [4.78, 5) is 11.0. The zero-order valence-electron chi connectivity index (χ0n) is 10.4. The molecule has 0 aliphatic rings. The average Bonchev–Trinajstić information content (AvgIpc) is 2.26. The number of hydrogen-bond acceptors (Lipinski definition) is 1. The summed E-state index contributed by atoms with van der Waals surface area (Å²) in [5, 5.41) is 5.24. The van der Waals surface area contributed by atoms with E-state index >= 15 is 0 Å². The van der Waals surface area contributed by atoms with Crippen LogP contribution in [-0.4, -0.2) is 5.91 Å². The van der Waals surface area contributed by atoms with Crippen molar-refractivity contribution in [1.82, 2.24) is 0 Å². The zero-order chi connectivity index (χ0) is 12.4. The molecule has 2 aromatic carbocycles. The van der Waals surface area contributed by atoms with Crippen LogP contribution in [-0.2, 0) is 4.79 Å². The van der Waals surface area contributed by atoms with Crippen LogP contribution in [0.1, 0.15) is 32.3 Å². The van der Waals surface area contributed by atoms with Gasteiger partial charge in [-0.05, 0) is 34.4 Å². The molecule has 0 aromatic heterocycles. The van der Waals surface area contributed by atoms with Gasteiger partial charge in [0, 0.05) is 12.6 Å². The number of hydrogen-bond donors (Lipinski definition) is 1. The summed E-state index contributed by atoms with van der Waals surface area (Å²) in [6.07, 6.45) is 0. The maximum absolute atomic E-state index is 11.0. The Labute approximate surface area is 102 Å². The number of carbonyl (C=O) groups is 1. The van der Waals surface area contributed by atoms with E-state index in [4.69, 9.17) is 0 Å². The summed E-state index contributed by atoms with van der Waals surface area (Å²) >= 11 is 0. The molecule has 2 nitrogen and oxygen atoms in total. The SMILES string of the molecule is CC(=O)Nc1ccc2c(C(C)C)cccc2c1. The van der Waals surface area contributed by atoms with Crippen LogP contribution in [0.15, 0.2) is 36.4 Å². The summed E-state index contributed by atoms with van der Waals surface area (Å²) in [7, 11) is 0. The third kappa shape index (κ3) is 2.47. The lowest BCUT2D eigenvalue weighted by atomic mass is 9.96. The molecule has 0 bridgehead atoms. The lowest BCUT2D eigenvalue weighted by molar-refractivity contribution is -0.114. The summed E-state index contributed by atoms with van der Waals surface area (Å²) in [6.45, 7) is 5.90. The van der Waals surface area contributed by atoms with Gasteiger partial charge in [0.2, 0.25) is 5.91 Å². The zero-order valence-corrected chi connectivity index (χ0v) is 10.4. The summed E-state index contributed by atoms with van der Waals surface area (Å²) < 4.78 is 0. The topological polar surface area (TPSA) is 29.1 Å². The molecule has 0 aliphatic heterocycles. The number of carbonyl (C=O) groups excluding carboxylic acids is 1. The van der Waals surface area contributed by atoms with E-state index in [-0.39, 0.29) is 5.91 Å². The van der Waals surface area contributed by atoms with Crippen molar-refractivity contribution in [3.63, 3.8) is 0 Å². The molecule has 0 saturated carbocycles. The predicted octanol–water partition coefficient (Wildman–Crippen LogP) is 3.92. The number of anilines is 1. The van der Waals surface area contributed by atoms with Gasteiger partial charge in [0.1, 0.15) is 0 Å². The Morgan fingerprint density at radius 1 is 1.18 bits per heavy atom. The number of fused-ring (bicyclic) bond motifs is 1. The van der Waals surface area contributed by atoms with Crippen LogP contribution in [0, 0.1) is 0 Å². The number of rotatable bonds is 2. The third-order valence-corrected chi connectivity index (χ3v) is 2.86.